The maximum absolute atomic E-state index is 12.4. The Kier molecular flexibility index (Phi) is 6.27. The largest absolute Gasteiger partial charge is 0.469 e. The molecule has 4 rings (SSSR count). The van der Waals surface area contributed by atoms with E-state index in [1.807, 2.05) is 42.5 Å². The number of rotatable bonds is 7. The zero-order chi connectivity index (χ0) is 19.9. The van der Waals surface area contributed by atoms with Gasteiger partial charge in [-0.05, 0) is 35.6 Å². The van der Waals surface area contributed by atoms with Gasteiger partial charge in [-0.2, -0.15) is 0 Å². The number of furan rings is 1. The molecule has 0 bridgehead atoms. The third-order valence-electron chi connectivity index (χ3n) is 5.18. The van der Waals surface area contributed by atoms with Gasteiger partial charge in [0.2, 0.25) is 0 Å². The van der Waals surface area contributed by atoms with Crippen LogP contribution in [0.5, 0.6) is 0 Å². The molecule has 0 spiro atoms. The highest BCUT2D eigenvalue weighted by Gasteiger charge is 2.23. The van der Waals surface area contributed by atoms with E-state index >= 15 is 0 Å². The molecule has 150 valence electrons. The molecule has 1 heterocycles. The number of carbonyl (C=O) groups excluding carboxylic acids is 1. The lowest BCUT2D eigenvalue weighted by atomic mass is 9.93. The van der Waals surface area contributed by atoms with Crippen molar-refractivity contribution >= 4 is 6.03 Å². The summed E-state index contributed by atoms with van der Waals surface area (Å²) in [6, 6.07) is 20.1. The molecule has 0 saturated carbocycles. The van der Waals surface area contributed by atoms with E-state index in [2.05, 4.69) is 28.8 Å². The summed E-state index contributed by atoms with van der Waals surface area (Å²) in [5, 5.41) is 6.02. The highest BCUT2D eigenvalue weighted by Crippen LogP contribution is 2.30. The van der Waals surface area contributed by atoms with E-state index in [1.54, 1.807) is 6.26 Å². The van der Waals surface area contributed by atoms with Crippen LogP contribution in [0.3, 0.4) is 0 Å². The smallest absolute Gasteiger partial charge is 0.315 e. The fraction of sp³-hybridized carbons (Fsp3) is 0.292. The molecule has 0 fully saturated rings. The van der Waals surface area contributed by atoms with Crippen LogP contribution in [0.15, 0.2) is 71.3 Å². The average molecular weight is 390 g/mol. The molecule has 0 saturated heterocycles. The van der Waals surface area contributed by atoms with Gasteiger partial charge >= 0.3 is 6.03 Å². The normalized spacial score (nSPS) is 15.5. The van der Waals surface area contributed by atoms with Gasteiger partial charge in [-0.25, -0.2) is 4.79 Å². The van der Waals surface area contributed by atoms with Crippen molar-refractivity contribution in [2.75, 3.05) is 0 Å². The maximum Gasteiger partial charge on any atom is 0.315 e. The molecule has 5 heteroatoms. The van der Waals surface area contributed by atoms with Crippen molar-refractivity contribution in [2.24, 2.45) is 0 Å². The van der Waals surface area contributed by atoms with E-state index in [1.165, 1.54) is 0 Å². The predicted molar refractivity (Wildman–Crippen MR) is 111 cm³/mol. The van der Waals surface area contributed by atoms with Crippen LogP contribution in [0.4, 0.5) is 4.79 Å². The van der Waals surface area contributed by atoms with Gasteiger partial charge < -0.3 is 19.8 Å². The number of carbonyl (C=O) groups is 1. The van der Waals surface area contributed by atoms with E-state index in [0.29, 0.717) is 19.8 Å². The number of urea groups is 1. The molecule has 1 aliphatic rings. The topological polar surface area (TPSA) is 63.5 Å². The second-order valence-corrected chi connectivity index (χ2v) is 7.37. The van der Waals surface area contributed by atoms with Gasteiger partial charge in [0.1, 0.15) is 5.76 Å². The molecule has 1 aromatic heterocycles. The standard InChI is InChI=1S/C24H26N2O3/c27-24(26-22-10-5-11-23-21(22)12-13-29-23)25-15-19-8-4-9-20(14-19)17-28-16-18-6-2-1-3-7-18/h1-4,6-9,12-14,22H,5,10-11,15-17H2,(H2,25,26,27). The second kappa shape index (κ2) is 9.43. The molecule has 5 nitrogen and oxygen atoms in total. The van der Waals surface area contributed by atoms with Crippen LogP contribution in [0, 0.1) is 0 Å². The number of amides is 2. The molecule has 1 aliphatic carbocycles. The Bertz CT molecular complexity index is 936. The number of hydrogen-bond donors (Lipinski definition) is 2. The predicted octanol–water partition coefficient (Wildman–Crippen LogP) is 4.87. The number of benzene rings is 2. The maximum atomic E-state index is 12.4. The second-order valence-electron chi connectivity index (χ2n) is 7.37. The first-order chi connectivity index (χ1) is 14.3. The van der Waals surface area contributed by atoms with E-state index in [-0.39, 0.29) is 12.1 Å². The third kappa shape index (κ3) is 5.27. The van der Waals surface area contributed by atoms with Crippen molar-refractivity contribution in [2.45, 2.75) is 45.1 Å². The van der Waals surface area contributed by atoms with E-state index in [0.717, 1.165) is 47.3 Å². The first-order valence-corrected chi connectivity index (χ1v) is 10.1. The van der Waals surface area contributed by atoms with Gasteiger partial charge in [-0.1, -0.05) is 54.6 Å². The molecule has 29 heavy (non-hydrogen) atoms. The van der Waals surface area contributed by atoms with Crippen LogP contribution < -0.4 is 10.6 Å². The van der Waals surface area contributed by atoms with E-state index < -0.39 is 0 Å². The van der Waals surface area contributed by atoms with E-state index in [9.17, 15) is 4.79 Å². The van der Waals surface area contributed by atoms with Gasteiger partial charge in [-0.15, -0.1) is 0 Å². The van der Waals surface area contributed by atoms with Crippen molar-refractivity contribution in [1.29, 1.82) is 0 Å². The van der Waals surface area contributed by atoms with Crippen LogP contribution in [0.2, 0.25) is 0 Å². The van der Waals surface area contributed by atoms with Crippen molar-refractivity contribution in [3.63, 3.8) is 0 Å². The van der Waals surface area contributed by atoms with Crippen molar-refractivity contribution < 1.29 is 13.9 Å². The first kappa shape index (κ1) is 19.3. The fourth-order valence-corrected chi connectivity index (χ4v) is 3.72. The molecule has 0 radical (unpaired) electrons. The summed E-state index contributed by atoms with van der Waals surface area (Å²) in [7, 11) is 0. The lowest BCUT2D eigenvalue weighted by Crippen LogP contribution is -2.38. The summed E-state index contributed by atoms with van der Waals surface area (Å²) in [6.45, 7) is 1.60. The molecule has 1 atom stereocenters. The minimum Gasteiger partial charge on any atom is -0.469 e. The van der Waals surface area contributed by atoms with Crippen LogP contribution in [0.25, 0.3) is 0 Å². The Balaban J connectivity index is 1.25. The van der Waals surface area contributed by atoms with Crippen LogP contribution in [-0.2, 0) is 30.9 Å². The van der Waals surface area contributed by atoms with Crippen LogP contribution in [0.1, 0.15) is 46.9 Å². The molecule has 2 amide bonds. The molecule has 0 aliphatic heterocycles. The summed E-state index contributed by atoms with van der Waals surface area (Å²) in [4.78, 5) is 12.4. The van der Waals surface area contributed by atoms with Gasteiger partial charge in [0.15, 0.2) is 0 Å². The quantitative estimate of drug-likeness (QED) is 0.605. The Morgan fingerprint density at radius 1 is 1.00 bits per heavy atom. The monoisotopic (exact) mass is 390 g/mol. The Morgan fingerprint density at radius 3 is 2.69 bits per heavy atom. The summed E-state index contributed by atoms with van der Waals surface area (Å²) >= 11 is 0. The lowest BCUT2D eigenvalue weighted by Gasteiger charge is -2.22. The molecule has 2 N–H and O–H groups in total. The summed E-state index contributed by atoms with van der Waals surface area (Å²) in [6.07, 6.45) is 4.61. The first-order valence-electron chi connectivity index (χ1n) is 10.1. The molecular formula is C24H26N2O3. The Labute approximate surface area is 171 Å². The Morgan fingerprint density at radius 2 is 1.79 bits per heavy atom. The highest BCUT2D eigenvalue weighted by atomic mass is 16.5. The van der Waals surface area contributed by atoms with Gasteiger partial charge in [0.25, 0.3) is 0 Å². The molecule has 1 unspecified atom stereocenters. The molecular weight excluding hydrogens is 364 g/mol. The zero-order valence-corrected chi connectivity index (χ0v) is 16.4. The Hall–Kier alpha value is -3.05. The van der Waals surface area contributed by atoms with Crippen molar-refractivity contribution in [3.05, 3.63) is 94.9 Å². The summed E-state index contributed by atoms with van der Waals surface area (Å²) < 4.78 is 11.3. The number of aryl methyl sites for hydroxylation is 1. The van der Waals surface area contributed by atoms with Gasteiger partial charge in [0, 0.05) is 18.5 Å². The van der Waals surface area contributed by atoms with Crippen LogP contribution >= 0.6 is 0 Å². The number of fused-ring (bicyclic) bond motifs is 1. The lowest BCUT2D eigenvalue weighted by molar-refractivity contribution is 0.107. The fourth-order valence-electron chi connectivity index (χ4n) is 3.72. The SMILES string of the molecule is O=C(NCc1cccc(COCc2ccccc2)c1)NC1CCCc2occc21. The number of nitrogens with one attached hydrogen (secondary N) is 2. The molecule has 3 aromatic rings. The average Bonchev–Trinajstić information content (AvgIpc) is 3.23. The summed E-state index contributed by atoms with van der Waals surface area (Å²) in [5.74, 6) is 0.991. The number of ether oxygens (including phenoxy) is 1. The highest BCUT2D eigenvalue weighted by molar-refractivity contribution is 5.74. The van der Waals surface area contributed by atoms with Gasteiger partial charge in [0.05, 0.1) is 25.5 Å². The van der Waals surface area contributed by atoms with Crippen molar-refractivity contribution in [3.8, 4) is 0 Å². The zero-order valence-electron chi connectivity index (χ0n) is 16.4. The van der Waals surface area contributed by atoms with Crippen LogP contribution in [-0.4, -0.2) is 6.03 Å². The number of hydrogen-bond acceptors (Lipinski definition) is 3. The third-order valence-corrected chi connectivity index (χ3v) is 5.18. The minimum atomic E-state index is -0.158. The minimum absolute atomic E-state index is 0.0234. The summed E-state index contributed by atoms with van der Waals surface area (Å²) in [5.41, 5.74) is 4.40. The van der Waals surface area contributed by atoms with Gasteiger partial charge in [-0.3, -0.25) is 0 Å². The van der Waals surface area contributed by atoms with E-state index in [4.69, 9.17) is 9.15 Å². The molecule has 2 aromatic carbocycles. The van der Waals surface area contributed by atoms with Crippen molar-refractivity contribution in [1.82, 2.24) is 10.6 Å².